The maximum absolute atomic E-state index is 13.0. The van der Waals surface area contributed by atoms with Crippen molar-refractivity contribution in [2.75, 3.05) is 5.32 Å². The van der Waals surface area contributed by atoms with Crippen LogP contribution >= 0.6 is 11.8 Å². The van der Waals surface area contributed by atoms with Crippen molar-refractivity contribution in [3.63, 3.8) is 0 Å². The average molecular weight is 397 g/mol. The zero-order valence-corrected chi connectivity index (χ0v) is 16.4. The molecule has 0 aliphatic rings. The summed E-state index contributed by atoms with van der Waals surface area (Å²) in [5.41, 5.74) is 3.72. The number of aromatic nitrogens is 2. The number of benzene rings is 2. The second-order valence-electron chi connectivity index (χ2n) is 6.45. The lowest BCUT2D eigenvalue weighted by Crippen LogP contribution is -2.19. The molecule has 2 N–H and O–H groups in total. The highest BCUT2D eigenvalue weighted by Crippen LogP contribution is 2.20. The number of amides is 1. The third-order valence-corrected chi connectivity index (χ3v) is 5.09. The van der Waals surface area contributed by atoms with Crippen molar-refractivity contribution in [1.29, 1.82) is 0 Å². The third-order valence-electron chi connectivity index (χ3n) is 4.15. The standard InChI is InChI=1S/C21H20FN3O2S/c1-13-4-3-5-14(2)20(13)24-18(26)10-17-11-19(27)25-21(23-17)28-12-15-6-8-16(22)9-7-15/h3-9,11H,10,12H2,1-2H3,(H,24,26)(H,23,25,27). The van der Waals surface area contributed by atoms with Crippen LogP contribution in [-0.4, -0.2) is 15.9 Å². The minimum absolute atomic E-state index is 0.00179. The van der Waals surface area contributed by atoms with Crippen molar-refractivity contribution >= 4 is 23.4 Å². The fourth-order valence-corrected chi connectivity index (χ4v) is 3.58. The SMILES string of the molecule is Cc1cccc(C)c1NC(=O)Cc1cc(=O)[nH]c(SCc2ccc(F)cc2)n1. The van der Waals surface area contributed by atoms with Crippen LogP contribution in [0.1, 0.15) is 22.4 Å². The van der Waals surface area contributed by atoms with E-state index in [9.17, 15) is 14.0 Å². The van der Waals surface area contributed by atoms with Crippen molar-refractivity contribution in [2.45, 2.75) is 31.2 Å². The minimum Gasteiger partial charge on any atom is -0.325 e. The van der Waals surface area contributed by atoms with Gasteiger partial charge in [-0.3, -0.25) is 9.59 Å². The number of anilines is 1. The number of nitrogens with one attached hydrogen (secondary N) is 2. The van der Waals surface area contributed by atoms with Crippen molar-refractivity contribution in [2.24, 2.45) is 0 Å². The Kier molecular flexibility index (Phi) is 6.26. The maximum atomic E-state index is 13.0. The average Bonchev–Trinajstić information content (AvgIpc) is 2.64. The highest BCUT2D eigenvalue weighted by molar-refractivity contribution is 7.98. The molecule has 0 saturated heterocycles. The zero-order valence-electron chi connectivity index (χ0n) is 15.6. The Hall–Kier alpha value is -2.93. The summed E-state index contributed by atoms with van der Waals surface area (Å²) in [6.45, 7) is 3.86. The molecule has 0 saturated carbocycles. The molecular weight excluding hydrogens is 377 g/mol. The Morgan fingerprint density at radius 1 is 1.14 bits per heavy atom. The number of aromatic amines is 1. The second kappa shape index (κ2) is 8.84. The number of para-hydroxylation sites is 1. The Bertz CT molecular complexity index is 1030. The topological polar surface area (TPSA) is 74.8 Å². The number of carbonyl (C=O) groups excluding carboxylic acids is 1. The van der Waals surface area contributed by atoms with Crippen LogP contribution in [0, 0.1) is 19.7 Å². The van der Waals surface area contributed by atoms with E-state index < -0.39 is 0 Å². The first kappa shape index (κ1) is 19.8. The number of carbonyl (C=O) groups is 1. The van der Waals surface area contributed by atoms with Crippen LogP contribution in [0.15, 0.2) is 58.5 Å². The molecule has 5 nitrogen and oxygen atoms in total. The van der Waals surface area contributed by atoms with Gasteiger partial charge in [-0.15, -0.1) is 0 Å². The van der Waals surface area contributed by atoms with Crippen LogP contribution in [-0.2, 0) is 17.0 Å². The van der Waals surface area contributed by atoms with E-state index in [1.54, 1.807) is 12.1 Å². The number of thioether (sulfide) groups is 1. The van der Waals surface area contributed by atoms with Crippen LogP contribution in [0.5, 0.6) is 0 Å². The van der Waals surface area contributed by atoms with Gasteiger partial charge in [0, 0.05) is 17.5 Å². The summed E-state index contributed by atoms with van der Waals surface area (Å²) in [7, 11) is 0. The van der Waals surface area contributed by atoms with Crippen LogP contribution in [0.3, 0.4) is 0 Å². The Labute approximate surface area is 166 Å². The largest absolute Gasteiger partial charge is 0.325 e. The fraction of sp³-hybridized carbons (Fsp3) is 0.190. The van der Waals surface area contributed by atoms with Crippen molar-refractivity contribution < 1.29 is 9.18 Å². The van der Waals surface area contributed by atoms with Gasteiger partial charge in [0.1, 0.15) is 5.82 Å². The molecule has 1 aromatic heterocycles. The predicted octanol–water partition coefficient (Wildman–Crippen LogP) is 4.00. The summed E-state index contributed by atoms with van der Waals surface area (Å²) < 4.78 is 13.0. The van der Waals surface area contributed by atoms with Gasteiger partial charge in [0.2, 0.25) is 5.91 Å². The lowest BCUT2D eigenvalue weighted by atomic mass is 10.1. The quantitative estimate of drug-likeness (QED) is 0.487. The Morgan fingerprint density at radius 2 is 1.82 bits per heavy atom. The van der Waals surface area contributed by atoms with Crippen molar-refractivity contribution in [3.8, 4) is 0 Å². The van der Waals surface area contributed by atoms with Crippen LogP contribution in [0.4, 0.5) is 10.1 Å². The summed E-state index contributed by atoms with van der Waals surface area (Å²) >= 11 is 1.32. The number of rotatable bonds is 6. The van der Waals surface area contributed by atoms with E-state index in [1.807, 2.05) is 32.0 Å². The lowest BCUT2D eigenvalue weighted by Gasteiger charge is -2.11. The molecule has 0 aliphatic carbocycles. The van der Waals surface area contributed by atoms with Crippen LogP contribution in [0.2, 0.25) is 0 Å². The molecule has 2 aromatic carbocycles. The molecule has 3 aromatic rings. The number of halogens is 1. The molecule has 0 radical (unpaired) electrons. The fourth-order valence-electron chi connectivity index (χ4n) is 2.73. The Morgan fingerprint density at radius 3 is 2.50 bits per heavy atom. The van der Waals surface area contributed by atoms with E-state index in [0.717, 1.165) is 22.4 Å². The molecule has 1 amide bonds. The normalized spacial score (nSPS) is 10.7. The van der Waals surface area contributed by atoms with Gasteiger partial charge in [-0.25, -0.2) is 9.37 Å². The van der Waals surface area contributed by atoms with Gasteiger partial charge in [-0.05, 0) is 42.7 Å². The molecular formula is C21H20FN3O2S. The molecule has 0 aliphatic heterocycles. The van der Waals surface area contributed by atoms with Gasteiger partial charge in [-0.1, -0.05) is 42.1 Å². The first-order chi connectivity index (χ1) is 13.4. The maximum Gasteiger partial charge on any atom is 0.251 e. The molecule has 3 rings (SSSR count). The first-order valence-electron chi connectivity index (χ1n) is 8.74. The van der Waals surface area contributed by atoms with Crippen LogP contribution < -0.4 is 10.9 Å². The third kappa shape index (κ3) is 5.29. The number of hydrogen-bond acceptors (Lipinski definition) is 4. The highest BCUT2D eigenvalue weighted by atomic mass is 32.2. The van der Waals surface area contributed by atoms with Crippen LogP contribution in [0.25, 0.3) is 0 Å². The molecule has 0 fully saturated rings. The van der Waals surface area contributed by atoms with E-state index in [0.29, 0.717) is 16.6 Å². The molecule has 0 bridgehead atoms. The minimum atomic E-state index is -0.313. The van der Waals surface area contributed by atoms with Gasteiger partial charge in [0.15, 0.2) is 5.16 Å². The predicted molar refractivity (Wildman–Crippen MR) is 109 cm³/mol. The van der Waals surface area contributed by atoms with Gasteiger partial charge < -0.3 is 10.3 Å². The highest BCUT2D eigenvalue weighted by Gasteiger charge is 2.11. The molecule has 0 spiro atoms. The van der Waals surface area contributed by atoms with Crippen molar-refractivity contribution in [3.05, 3.63) is 87.1 Å². The molecule has 0 atom stereocenters. The Balaban J connectivity index is 1.68. The van der Waals surface area contributed by atoms with Gasteiger partial charge >= 0.3 is 0 Å². The van der Waals surface area contributed by atoms with Crippen molar-refractivity contribution in [1.82, 2.24) is 9.97 Å². The molecule has 1 heterocycles. The summed E-state index contributed by atoms with van der Waals surface area (Å²) in [5.74, 6) is 0.00327. The summed E-state index contributed by atoms with van der Waals surface area (Å²) in [4.78, 5) is 31.4. The molecule has 7 heteroatoms. The summed E-state index contributed by atoms with van der Waals surface area (Å²) in [6, 6.07) is 13.3. The van der Waals surface area contributed by atoms with Gasteiger partial charge in [0.25, 0.3) is 5.56 Å². The monoisotopic (exact) mass is 397 g/mol. The lowest BCUT2D eigenvalue weighted by molar-refractivity contribution is -0.115. The van der Waals surface area contributed by atoms with Gasteiger partial charge in [0.05, 0.1) is 12.1 Å². The number of aryl methyl sites for hydroxylation is 2. The van der Waals surface area contributed by atoms with E-state index in [2.05, 4.69) is 15.3 Å². The second-order valence-corrected chi connectivity index (χ2v) is 7.41. The summed E-state index contributed by atoms with van der Waals surface area (Å²) in [6.07, 6.45) is 0.00179. The number of hydrogen-bond donors (Lipinski definition) is 2. The zero-order chi connectivity index (χ0) is 20.1. The number of nitrogens with zero attached hydrogens (tertiary/aromatic N) is 1. The van der Waals surface area contributed by atoms with E-state index in [1.165, 1.54) is 30.0 Å². The molecule has 144 valence electrons. The smallest absolute Gasteiger partial charge is 0.251 e. The van der Waals surface area contributed by atoms with E-state index >= 15 is 0 Å². The van der Waals surface area contributed by atoms with Gasteiger partial charge in [-0.2, -0.15) is 0 Å². The first-order valence-corrected chi connectivity index (χ1v) is 9.73. The molecule has 0 unspecified atom stereocenters. The van der Waals surface area contributed by atoms with E-state index in [4.69, 9.17) is 0 Å². The van der Waals surface area contributed by atoms with E-state index in [-0.39, 0.29) is 23.7 Å². The number of H-pyrrole nitrogens is 1. The molecule has 28 heavy (non-hydrogen) atoms. The summed E-state index contributed by atoms with van der Waals surface area (Å²) in [5, 5.41) is 3.32.